The molecule has 30 heavy (non-hydrogen) atoms. The van der Waals surface area contributed by atoms with Crippen LogP contribution in [0.3, 0.4) is 0 Å². The van der Waals surface area contributed by atoms with Gasteiger partial charge in [-0.05, 0) is 42.8 Å². The van der Waals surface area contributed by atoms with Gasteiger partial charge in [0.1, 0.15) is 22.1 Å². The first-order valence-electron chi connectivity index (χ1n) is 8.87. The molecule has 0 unspecified atom stereocenters. The zero-order valence-electron chi connectivity index (χ0n) is 17.5. The topological polar surface area (TPSA) is 107 Å². The number of rotatable bonds is 9. The Balaban J connectivity index is 2.10. The molecular formula is C20H25N3O6S. The molecule has 0 aliphatic carbocycles. The van der Waals surface area contributed by atoms with E-state index in [1.165, 1.54) is 40.7 Å². The fourth-order valence-corrected chi connectivity index (χ4v) is 3.95. The highest BCUT2D eigenvalue weighted by atomic mass is 32.2. The zero-order chi connectivity index (χ0) is 22.3. The highest BCUT2D eigenvalue weighted by molar-refractivity contribution is 7.89. The smallest absolute Gasteiger partial charge is 0.255 e. The third kappa shape index (κ3) is 5.49. The summed E-state index contributed by atoms with van der Waals surface area (Å²) in [5, 5.41) is 3.87. The Hall–Kier alpha value is -3.11. The van der Waals surface area contributed by atoms with Gasteiger partial charge in [-0.15, -0.1) is 0 Å². The summed E-state index contributed by atoms with van der Waals surface area (Å²) in [7, 11) is 1.80. The van der Waals surface area contributed by atoms with Gasteiger partial charge in [0.25, 0.3) is 5.91 Å². The van der Waals surface area contributed by atoms with Crippen molar-refractivity contribution in [3.8, 4) is 17.2 Å². The third-order valence-electron chi connectivity index (χ3n) is 4.20. The molecule has 0 bridgehead atoms. The Kier molecular flexibility index (Phi) is 7.79. The van der Waals surface area contributed by atoms with Crippen LogP contribution in [0.25, 0.3) is 0 Å². The van der Waals surface area contributed by atoms with E-state index in [0.717, 1.165) is 9.87 Å². The van der Waals surface area contributed by atoms with E-state index in [4.69, 9.17) is 14.2 Å². The van der Waals surface area contributed by atoms with Crippen LogP contribution in [-0.4, -0.2) is 59.8 Å². The van der Waals surface area contributed by atoms with Crippen molar-refractivity contribution in [2.75, 3.05) is 34.9 Å². The Bertz CT molecular complexity index is 1040. The summed E-state index contributed by atoms with van der Waals surface area (Å²) < 4.78 is 42.2. The minimum Gasteiger partial charge on any atom is -0.497 e. The van der Waals surface area contributed by atoms with E-state index in [9.17, 15) is 13.2 Å². The zero-order valence-corrected chi connectivity index (χ0v) is 18.3. The van der Waals surface area contributed by atoms with Crippen molar-refractivity contribution >= 4 is 22.1 Å². The number of likely N-dealkylation sites (N-methyl/N-ethyl adjacent to an activating group) is 1. The summed E-state index contributed by atoms with van der Waals surface area (Å²) in [4.78, 5) is 12.2. The molecule has 0 saturated heterocycles. The molecule has 162 valence electrons. The van der Waals surface area contributed by atoms with Gasteiger partial charge in [-0.2, -0.15) is 9.41 Å². The van der Waals surface area contributed by atoms with Gasteiger partial charge < -0.3 is 14.2 Å². The molecule has 0 spiro atoms. The average molecular weight is 436 g/mol. The molecule has 0 heterocycles. The van der Waals surface area contributed by atoms with Crippen LogP contribution in [0.5, 0.6) is 17.2 Å². The largest absolute Gasteiger partial charge is 0.497 e. The average Bonchev–Trinajstić information content (AvgIpc) is 2.73. The molecule has 0 fully saturated rings. The lowest BCUT2D eigenvalue weighted by atomic mass is 10.2. The predicted molar refractivity (Wildman–Crippen MR) is 113 cm³/mol. The first kappa shape index (κ1) is 23.2. The molecule has 1 N–H and O–H groups in total. The fourth-order valence-electron chi connectivity index (χ4n) is 2.59. The lowest BCUT2D eigenvalue weighted by Gasteiger charge is -2.18. The van der Waals surface area contributed by atoms with Crippen LogP contribution in [0.15, 0.2) is 46.4 Å². The van der Waals surface area contributed by atoms with E-state index < -0.39 is 22.5 Å². The molecule has 0 aromatic heterocycles. The van der Waals surface area contributed by atoms with E-state index in [-0.39, 0.29) is 10.6 Å². The van der Waals surface area contributed by atoms with Crippen LogP contribution in [0.4, 0.5) is 0 Å². The number of hydrazone groups is 1. The Morgan fingerprint density at radius 1 is 1.07 bits per heavy atom. The number of aryl methyl sites for hydroxylation is 1. The third-order valence-corrected chi connectivity index (χ3v) is 6.03. The van der Waals surface area contributed by atoms with E-state index >= 15 is 0 Å². The number of amides is 1. The number of carbonyl (C=O) groups excluding carboxylic acids is 1. The van der Waals surface area contributed by atoms with Crippen molar-refractivity contribution < 1.29 is 27.4 Å². The van der Waals surface area contributed by atoms with Crippen molar-refractivity contribution in [1.82, 2.24) is 9.73 Å². The molecule has 2 aromatic carbocycles. The molecule has 0 aliphatic heterocycles. The number of sulfonamides is 1. The lowest BCUT2D eigenvalue weighted by molar-refractivity contribution is -0.121. The monoisotopic (exact) mass is 435 g/mol. The summed E-state index contributed by atoms with van der Waals surface area (Å²) >= 11 is 0. The molecule has 0 saturated carbocycles. The van der Waals surface area contributed by atoms with Crippen molar-refractivity contribution in [2.24, 2.45) is 5.10 Å². The number of nitrogens with one attached hydrogen (secondary N) is 1. The molecule has 0 radical (unpaired) electrons. The fraction of sp³-hybridized carbons (Fsp3) is 0.300. The van der Waals surface area contributed by atoms with Crippen LogP contribution in [0.2, 0.25) is 0 Å². The van der Waals surface area contributed by atoms with Crippen LogP contribution < -0.4 is 19.6 Å². The Morgan fingerprint density at radius 2 is 1.73 bits per heavy atom. The predicted octanol–water partition coefficient (Wildman–Crippen LogP) is 1.79. The number of methoxy groups -OCH3 is 3. The van der Waals surface area contributed by atoms with Crippen LogP contribution in [-0.2, 0) is 14.8 Å². The van der Waals surface area contributed by atoms with E-state index in [1.807, 2.05) is 0 Å². The Morgan fingerprint density at radius 3 is 2.37 bits per heavy atom. The second-order valence-electron chi connectivity index (χ2n) is 6.32. The van der Waals surface area contributed by atoms with Crippen molar-refractivity contribution in [2.45, 2.75) is 11.8 Å². The SMILES string of the molecule is COc1ccc(OC)c(C=NNC(=O)CN(C)S(=O)(=O)c2cc(C)ccc2OC)c1. The van der Waals surface area contributed by atoms with Gasteiger partial charge in [-0.25, -0.2) is 13.8 Å². The number of carbonyl (C=O) groups is 1. The summed E-state index contributed by atoms with van der Waals surface area (Å²) in [6, 6.07) is 9.94. The van der Waals surface area contributed by atoms with Crippen LogP contribution in [0.1, 0.15) is 11.1 Å². The van der Waals surface area contributed by atoms with E-state index in [1.54, 1.807) is 37.3 Å². The number of ether oxygens (including phenoxy) is 3. The minimum absolute atomic E-state index is 0.00933. The summed E-state index contributed by atoms with van der Waals surface area (Å²) in [6.07, 6.45) is 1.39. The molecule has 10 heteroatoms. The Labute approximate surface area is 176 Å². The summed E-state index contributed by atoms with van der Waals surface area (Å²) in [5.74, 6) is 0.739. The van der Waals surface area contributed by atoms with Crippen molar-refractivity contribution in [3.63, 3.8) is 0 Å². The summed E-state index contributed by atoms with van der Waals surface area (Å²) in [5.41, 5.74) is 3.65. The second kappa shape index (κ2) is 10.1. The normalized spacial score (nSPS) is 11.5. The first-order chi connectivity index (χ1) is 14.2. The van der Waals surface area contributed by atoms with E-state index in [2.05, 4.69) is 10.5 Å². The maximum atomic E-state index is 12.8. The number of benzene rings is 2. The molecule has 0 aliphatic rings. The van der Waals surface area contributed by atoms with Crippen LogP contribution >= 0.6 is 0 Å². The maximum Gasteiger partial charge on any atom is 0.255 e. The van der Waals surface area contributed by atoms with E-state index in [0.29, 0.717) is 17.1 Å². The van der Waals surface area contributed by atoms with Gasteiger partial charge >= 0.3 is 0 Å². The molecule has 0 atom stereocenters. The standard InChI is InChI=1S/C20H25N3O6S/c1-14-6-8-18(29-5)19(10-14)30(25,26)23(2)13-20(24)22-21-12-15-11-16(27-3)7-9-17(15)28-4/h6-12H,13H2,1-5H3,(H,22,24). The molecule has 9 nitrogen and oxygen atoms in total. The number of hydrogen-bond acceptors (Lipinski definition) is 7. The van der Waals surface area contributed by atoms with Gasteiger partial charge in [0.2, 0.25) is 10.0 Å². The van der Waals surface area contributed by atoms with Crippen LogP contribution in [0, 0.1) is 6.92 Å². The second-order valence-corrected chi connectivity index (χ2v) is 8.33. The highest BCUT2D eigenvalue weighted by Crippen LogP contribution is 2.27. The van der Waals surface area contributed by atoms with Crippen molar-refractivity contribution in [3.05, 3.63) is 47.5 Å². The van der Waals surface area contributed by atoms with Gasteiger partial charge in [0.15, 0.2) is 0 Å². The quantitative estimate of drug-likeness (QED) is 0.475. The number of hydrogen-bond donors (Lipinski definition) is 1. The van der Waals surface area contributed by atoms with Crippen molar-refractivity contribution in [1.29, 1.82) is 0 Å². The first-order valence-corrected chi connectivity index (χ1v) is 10.3. The van der Waals surface area contributed by atoms with Gasteiger partial charge in [-0.1, -0.05) is 6.07 Å². The summed E-state index contributed by atoms with van der Waals surface area (Å²) in [6.45, 7) is 1.35. The highest BCUT2D eigenvalue weighted by Gasteiger charge is 2.26. The van der Waals surface area contributed by atoms with Gasteiger partial charge in [0.05, 0.1) is 34.1 Å². The lowest BCUT2D eigenvalue weighted by Crippen LogP contribution is -2.36. The molecular weight excluding hydrogens is 410 g/mol. The maximum absolute atomic E-state index is 12.8. The molecule has 2 aromatic rings. The molecule has 2 rings (SSSR count). The number of nitrogens with zero attached hydrogens (tertiary/aromatic N) is 2. The van der Waals surface area contributed by atoms with Gasteiger partial charge in [-0.3, -0.25) is 4.79 Å². The minimum atomic E-state index is -3.94. The van der Waals surface area contributed by atoms with Gasteiger partial charge in [0, 0.05) is 12.6 Å². The molecule has 1 amide bonds.